The number of aryl methyl sites for hydroxylation is 1. The zero-order valence-electron chi connectivity index (χ0n) is 12.5. The van der Waals surface area contributed by atoms with Gasteiger partial charge in [-0.05, 0) is 38.4 Å². The van der Waals surface area contributed by atoms with E-state index in [1.54, 1.807) is 24.0 Å². The number of hydrogen-bond donors (Lipinski definition) is 0. The van der Waals surface area contributed by atoms with Crippen LogP contribution in [0.1, 0.15) is 19.8 Å². The molecular formula is C13H24N4O2S. The van der Waals surface area contributed by atoms with Crippen LogP contribution < -0.4 is 0 Å². The highest BCUT2D eigenvalue weighted by Gasteiger charge is 2.29. The third-order valence-corrected chi connectivity index (χ3v) is 5.64. The Morgan fingerprint density at radius 2 is 2.25 bits per heavy atom. The monoisotopic (exact) mass is 300 g/mol. The Morgan fingerprint density at radius 1 is 1.50 bits per heavy atom. The van der Waals surface area contributed by atoms with Crippen LogP contribution in [0.25, 0.3) is 0 Å². The van der Waals surface area contributed by atoms with Crippen LogP contribution in [-0.2, 0) is 16.6 Å². The van der Waals surface area contributed by atoms with E-state index < -0.39 is 10.0 Å². The van der Waals surface area contributed by atoms with Crippen molar-refractivity contribution in [3.05, 3.63) is 12.3 Å². The summed E-state index contributed by atoms with van der Waals surface area (Å²) in [5, 5.41) is 4.40. The number of nitrogens with zero attached hydrogens (tertiary/aromatic N) is 4. The molecular weight excluding hydrogens is 276 g/mol. The molecule has 0 aromatic carbocycles. The summed E-state index contributed by atoms with van der Waals surface area (Å²) in [7, 11) is 0.300. The van der Waals surface area contributed by atoms with Crippen molar-refractivity contribution >= 4 is 10.0 Å². The molecule has 20 heavy (non-hydrogen) atoms. The summed E-state index contributed by atoms with van der Waals surface area (Å²) in [5.41, 5.74) is 0. The summed E-state index contributed by atoms with van der Waals surface area (Å²) in [6.07, 6.45) is 3.48. The van der Waals surface area contributed by atoms with Gasteiger partial charge in [-0.15, -0.1) is 0 Å². The van der Waals surface area contributed by atoms with Crippen molar-refractivity contribution in [3.63, 3.8) is 0 Å². The molecule has 0 amide bonds. The molecule has 0 bridgehead atoms. The molecule has 2 heterocycles. The quantitative estimate of drug-likeness (QED) is 0.782. The Balaban J connectivity index is 2.10. The van der Waals surface area contributed by atoms with Crippen molar-refractivity contribution in [1.82, 2.24) is 19.0 Å². The molecule has 6 nitrogen and oxygen atoms in total. The molecule has 2 rings (SSSR count). The number of likely N-dealkylation sites (tertiary alicyclic amines) is 1. The maximum absolute atomic E-state index is 12.6. The van der Waals surface area contributed by atoms with Gasteiger partial charge in [0.25, 0.3) is 10.0 Å². The molecule has 114 valence electrons. The number of hydrogen-bond acceptors (Lipinski definition) is 4. The average Bonchev–Trinajstić information content (AvgIpc) is 2.99. The summed E-state index contributed by atoms with van der Waals surface area (Å²) in [6, 6.07) is 1.59. The molecule has 0 saturated carbocycles. The normalized spacial score (nSPS) is 20.9. The van der Waals surface area contributed by atoms with E-state index in [2.05, 4.69) is 17.0 Å². The van der Waals surface area contributed by atoms with E-state index in [-0.39, 0.29) is 0 Å². The topological polar surface area (TPSA) is 58.4 Å². The lowest BCUT2D eigenvalue weighted by atomic mass is 10.1. The second-order valence-corrected chi connectivity index (χ2v) is 7.59. The van der Waals surface area contributed by atoms with Gasteiger partial charge >= 0.3 is 0 Å². The molecule has 0 radical (unpaired) electrons. The highest BCUT2D eigenvalue weighted by Crippen LogP contribution is 2.20. The van der Waals surface area contributed by atoms with Crippen LogP contribution in [0.5, 0.6) is 0 Å². The van der Waals surface area contributed by atoms with E-state index in [9.17, 15) is 8.42 Å². The van der Waals surface area contributed by atoms with Crippen LogP contribution in [-0.4, -0.2) is 61.1 Å². The van der Waals surface area contributed by atoms with E-state index in [0.29, 0.717) is 24.0 Å². The van der Waals surface area contributed by atoms with Gasteiger partial charge in [-0.3, -0.25) is 4.68 Å². The fourth-order valence-corrected chi connectivity index (χ4v) is 4.08. The highest BCUT2D eigenvalue weighted by molar-refractivity contribution is 7.89. The Kier molecular flexibility index (Phi) is 4.82. The molecule has 0 aliphatic carbocycles. The molecule has 1 fully saturated rings. The summed E-state index contributed by atoms with van der Waals surface area (Å²) < 4.78 is 28.3. The van der Waals surface area contributed by atoms with Crippen molar-refractivity contribution in [1.29, 1.82) is 0 Å². The predicted molar refractivity (Wildman–Crippen MR) is 77.9 cm³/mol. The van der Waals surface area contributed by atoms with Crippen LogP contribution in [0.2, 0.25) is 0 Å². The Labute approximate surface area is 121 Å². The summed E-state index contributed by atoms with van der Waals surface area (Å²) in [6.45, 7) is 5.22. The van der Waals surface area contributed by atoms with Crippen LogP contribution in [0, 0.1) is 5.92 Å². The molecule has 1 aliphatic rings. The number of sulfonamides is 1. The van der Waals surface area contributed by atoms with Crippen LogP contribution >= 0.6 is 0 Å². The van der Waals surface area contributed by atoms with Crippen molar-refractivity contribution in [3.8, 4) is 0 Å². The lowest BCUT2D eigenvalue weighted by Gasteiger charge is -2.21. The van der Waals surface area contributed by atoms with E-state index >= 15 is 0 Å². The molecule has 0 unspecified atom stereocenters. The maximum atomic E-state index is 12.6. The molecule has 1 saturated heterocycles. The second kappa shape index (κ2) is 6.24. The van der Waals surface area contributed by atoms with Gasteiger partial charge in [-0.2, -0.15) is 9.40 Å². The SMILES string of the molecule is CCCn1nccc1S(=O)(=O)N(C)C[C@H]1CCN(C)C1. The standard InChI is InChI=1S/C13H24N4O2S/c1-4-8-17-13(5-7-14-17)20(18,19)16(3)11-12-6-9-15(2)10-12/h5,7,12H,4,6,8-11H2,1-3H3/t12-/m0/s1. The van der Waals surface area contributed by atoms with Gasteiger partial charge in [-0.1, -0.05) is 6.92 Å². The first kappa shape index (κ1) is 15.5. The first-order chi connectivity index (χ1) is 9.45. The fraction of sp³-hybridized carbons (Fsp3) is 0.769. The van der Waals surface area contributed by atoms with Gasteiger partial charge < -0.3 is 4.90 Å². The third-order valence-electron chi connectivity index (χ3n) is 3.79. The molecule has 0 N–H and O–H groups in total. The minimum atomic E-state index is -3.44. The smallest absolute Gasteiger partial charge is 0.259 e. The summed E-state index contributed by atoms with van der Waals surface area (Å²) >= 11 is 0. The van der Waals surface area contributed by atoms with Crippen LogP contribution in [0.3, 0.4) is 0 Å². The van der Waals surface area contributed by atoms with Crippen molar-refractivity contribution in [2.75, 3.05) is 33.7 Å². The van der Waals surface area contributed by atoms with Gasteiger partial charge in [-0.25, -0.2) is 8.42 Å². The maximum Gasteiger partial charge on any atom is 0.259 e. The second-order valence-electron chi connectivity index (χ2n) is 5.60. The molecule has 1 atom stereocenters. The Hall–Kier alpha value is -0.920. The van der Waals surface area contributed by atoms with Crippen molar-refractivity contribution in [2.45, 2.75) is 31.3 Å². The fourth-order valence-electron chi connectivity index (χ4n) is 2.72. The Bertz CT molecular complexity index is 540. The van der Waals surface area contributed by atoms with Crippen molar-refractivity contribution in [2.24, 2.45) is 5.92 Å². The lowest BCUT2D eigenvalue weighted by molar-refractivity contribution is 0.354. The number of aromatic nitrogens is 2. The van der Waals surface area contributed by atoms with E-state index in [0.717, 1.165) is 25.9 Å². The summed E-state index contributed by atoms with van der Waals surface area (Å²) in [4.78, 5) is 2.24. The third kappa shape index (κ3) is 3.21. The zero-order chi connectivity index (χ0) is 14.8. The van der Waals surface area contributed by atoms with Gasteiger partial charge in [0.2, 0.25) is 0 Å². The average molecular weight is 300 g/mol. The van der Waals surface area contributed by atoms with E-state index in [1.165, 1.54) is 4.31 Å². The molecule has 1 aliphatic heterocycles. The number of rotatable bonds is 6. The van der Waals surface area contributed by atoms with E-state index in [1.807, 2.05) is 6.92 Å². The lowest BCUT2D eigenvalue weighted by Crippen LogP contribution is -2.34. The van der Waals surface area contributed by atoms with Gasteiger partial charge in [0.05, 0.1) is 6.20 Å². The van der Waals surface area contributed by atoms with Gasteiger partial charge in [0.1, 0.15) is 0 Å². The van der Waals surface area contributed by atoms with Crippen LogP contribution in [0.15, 0.2) is 17.3 Å². The first-order valence-electron chi connectivity index (χ1n) is 7.12. The van der Waals surface area contributed by atoms with Gasteiger partial charge in [0, 0.05) is 26.7 Å². The zero-order valence-corrected chi connectivity index (χ0v) is 13.3. The van der Waals surface area contributed by atoms with E-state index in [4.69, 9.17) is 0 Å². The molecule has 7 heteroatoms. The molecule has 1 aromatic heterocycles. The Morgan fingerprint density at radius 3 is 2.85 bits per heavy atom. The summed E-state index contributed by atoms with van der Waals surface area (Å²) in [5.74, 6) is 0.419. The molecule has 0 spiro atoms. The predicted octanol–water partition coefficient (Wildman–Crippen LogP) is 0.865. The van der Waals surface area contributed by atoms with Crippen molar-refractivity contribution < 1.29 is 8.42 Å². The van der Waals surface area contributed by atoms with Gasteiger partial charge in [0.15, 0.2) is 5.03 Å². The minimum absolute atomic E-state index is 0.299. The minimum Gasteiger partial charge on any atom is -0.306 e. The first-order valence-corrected chi connectivity index (χ1v) is 8.56. The van der Waals surface area contributed by atoms with Crippen LogP contribution in [0.4, 0.5) is 0 Å². The largest absolute Gasteiger partial charge is 0.306 e. The molecule has 1 aromatic rings. The highest BCUT2D eigenvalue weighted by atomic mass is 32.2.